The number of hydrogen-bond donors (Lipinski definition) is 1. The fourth-order valence-corrected chi connectivity index (χ4v) is 0.889. The Balaban J connectivity index is 2.66. The second kappa shape index (κ2) is 3.90. The molecule has 0 bridgehead atoms. The maximum atomic E-state index is 11.3. The number of carbonyl (C=O) groups is 1. The summed E-state index contributed by atoms with van der Waals surface area (Å²) in [5, 5.41) is 2.74. The van der Waals surface area contributed by atoms with Gasteiger partial charge in [0.25, 0.3) is 5.91 Å². The molecular formula is C10H12NO. The van der Waals surface area contributed by atoms with E-state index in [2.05, 4.69) is 5.32 Å². The van der Waals surface area contributed by atoms with Crippen molar-refractivity contribution in [2.45, 2.75) is 13.8 Å². The summed E-state index contributed by atoms with van der Waals surface area (Å²) < 4.78 is 0. The minimum atomic E-state index is -0.0457. The Morgan fingerprint density at radius 2 is 1.75 bits per heavy atom. The average molecular weight is 162 g/mol. The fraction of sp³-hybridized carbons (Fsp3) is 0.200. The number of hydrogen-bond acceptors (Lipinski definition) is 1. The Morgan fingerprint density at radius 1 is 1.17 bits per heavy atom. The van der Waals surface area contributed by atoms with Gasteiger partial charge in [-0.3, -0.25) is 4.79 Å². The Morgan fingerprint density at radius 3 is 2.25 bits per heavy atom. The first-order valence-electron chi connectivity index (χ1n) is 3.86. The molecule has 1 aromatic rings. The van der Waals surface area contributed by atoms with Gasteiger partial charge >= 0.3 is 0 Å². The van der Waals surface area contributed by atoms with Gasteiger partial charge in [-0.25, -0.2) is 0 Å². The standard InChI is InChI=1S/C10H12NO/c1-8(2)11-10(12)9-6-4-3-5-7-9/h3-7H,1-2H3,(H,11,12). The van der Waals surface area contributed by atoms with Crippen molar-refractivity contribution in [2.75, 3.05) is 0 Å². The molecule has 1 radical (unpaired) electrons. The van der Waals surface area contributed by atoms with Crippen LogP contribution in [-0.4, -0.2) is 5.91 Å². The molecule has 0 atom stereocenters. The molecule has 2 nitrogen and oxygen atoms in total. The van der Waals surface area contributed by atoms with Crippen LogP contribution in [0.1, 0.15) is 24.2 Å². The maximum Gasteiger partial charge on any atom is 0.251 e. The molecule has 0 saturated carbocycles. The third-order valence-electron chi connectivity index (χ3n) is 1.40. The van der Waals surface area contributed by atoms with E-state index in [1.807, 2.05) is 32.0 Å². The van der Waals surface area contributed by atoms with Crippen molar-refractivity contribution >= 4 is 5.91 Å². The van der Waals surface area contributed by atoms with Gasteiger partial charge in [0.05, 0.1) is 6.04 Å². The summed E-state index contributed by atoms with van der Waals surface area (Å²) in [6.45, 7) is 3.72. The Labute approximate surface area is 72.6 Å². The van der Waals surface area contributed by atoms with Crippen molar-refractivity contribution in [1.82, 2.24) is 5.32 Å². The first-order valence-corrected chi connectivity index (χ1v) is 3.86. The van der Waals surface area contributed by atoms with Crippen LogP contribution in [0, 0.1) is 6.04 Å². The summed E-state index contributed by atoms with van der Waals surface area (Å²) in [5.74, 6) is -0.0457. The Bertz CT molecular complexity index is 254. The normalized spacial score (nSPS) is 9.92. The number of benzene rings is 1. The summed E-state index contributed by atoms with van der Waals surface area (Å²) in [6.07, 6.45) is 0. The van der Waals surface area contributed by atoms with Gasteiger partial charge < -0.3 is 5.32 Å². The lowest BCUT2D eigenvalue weighted by Crippen LogP contribution is -2.24. The molecule has 1 aromatic carbocycles. The molecule has 63 valence electrons. The molecule has 2 heteroatoms. The molecule has 0 aliphatic carbocycles. The van der Waals surface area contributed by atoms with Gasteiger partial charge in [-0.15, -0.1) is 0 Å². The Kier molecular flexibility index (Phi) is 2.86. The molecule has 1 N–H and O–H groups in total. The van der Waals surface area contributed by atoms with Crippen molar-refractivity contribution in [1.29, 1.82) is 0 Å². The average Bonchev–Trinajstić information content (AvgIpc) is 2.05. The highest BCUT2D eigenvalue weighted by Gasteiger charge is 2.04. The van der Waals surface area contributed by atoms with Crippen LogP contribution in [-0.2, 0) is 0 Å². The van der Waals surface area contributed by atoms with Gasteiger partial charge in [-0.1, -0.05) is 18.2 Å². The molecule has 0 aromatic heterocycles. The van der Waals surface area contributed by atoms with E-state index in [9.17, 15) is 4.79 Å². The zero-order valence-corrected chi connectivity index (χ0v) is 7.29. The van der Waals surface area contributed by atoms with Gasteiger partial charge in [0.15, 0.2) is 0 Å². The summed E-state index contributed by atoms with van der Waals surface area (Å²) in [7, 11) is 0. The van der Waals surface area contributed by atoms with E-state index in [4.69, 9.17) is 0 Å². The van der Waals surface area contributed by atoms with E-state index in [0.717, 1.165) is 6.04 Å². The molecule has 1 amide bonds. The van der Waals surface area contributed by atoms with E-state index in [0.29, 0.717) is 5.56 Å². The second-order valence-corrected chi connectivity index (χ2v) is 2.82. The van der Waals surface area contributed by atoms with Crippen molar-refractivity contribution in [2.24, 2.45) is 0 Å². The molecule has 0 saturated heterocycles. The van der Waals surface area contributed by atoms with Crippen LogP contribution in [0.5, 0.6) is 0 Å². The minimum Gasteiger partial charge on any atom is -0.345 e. The third-order valence-corrected chi connectivity index (χ3v) is 1.40. The van der Waals surface area contributed by atoms with Crippen molar-refractivity contribution in [3.8, 4) is 0 Å². The van der Waals surface area contributed by atoms with Gasteiger partial charge in [0.1, 0.15) is 0 Å². The highest BCUT2D eigenvalue weighted by Crippen LogP contribution is 1.99. The zero-order chi connectivity index (χ0) is 8.97. The van der Waals surface area contributed by atoms with Gasteiger partial charge in [0.2, 0.25) is 0 Å². The first kappa shape index (κ1) is 8.78. The van der Waals surface area contributed by atoms with Crippen molar-refractivity contribution in [3.63, 3.8) is 0 Å². The first-order chi connectivity index (χ1) is 5.70. The van der Waals surface area contributed by atoms with Crippen LogP contribution in [0.4, 0.5) is 0 Å². The molecule has 0 spiro atoms. The molecule has 0 heterocycles. The summed E-state index contributed by atoms with van der Waals surface area (Å²) in [4.78, 5) is 11.3. The number of rotatable bonds is 2. The van der Waals surface area contributed by atoms with Crippen LogP contribution >= 0.6 is 0 Å². The zero-order valence-electron chi connectivity index (χ0n) is 7.29. The smallest absolute Gasteiger partial charge is 0.251 e. The number of amides is 1. The van der Waals surface area contributed by atoms with Gasteiger partial charge in [0, 0.05) is 5.56 Å². The van der Waals surface area contributed by atoms with E-state index < -0.39 is 0 Å². The Hall–Kier alpha value is -1.31. The third kappa shape index (κ3) is 2.38. The molecule has 0 fully saturated rings. The number of nitrogens with one attached hydrogen (secondary N) is 1. The molecule has 0 unspecified atom stereocenters. The molecule has 0 aliphatic rings. The minimum absolute atomic E-state index is 0.0457. The SMILES string of the molecule is C[C](C)NC(=O)c1ccccc1. The van der Waals surface area contributed by atoms with Crippen LogP contribution in [0.2, 0.25) is 0 Å². The predicted molar refractivity (Wildman–Crippen MR) is 48.5 cm³/mol. The van der Waals surface area contributed by atoms with Gasteiger partial charge in [-0.2, -0.15) is 0 Å². The predicted octanol–water partition coefficient (Wildman–Crippen LogP) is 1.99. The van der Waals surface area contributed by atoms with Gasteiger partial charge in [-0.05, 0) is 26.0 Å². The van der Waals surface area contributed by atoms with E-state index in [1.165, 1.54) is 0 Å². The van der Waals surface area contributed by atoms with Crippen molar-refractivity contribution in [3.05, 3.63) is 41.9 Å². The lowest BCUT2D eigenvalue weighted by molar-refractivity contribution is 0.0958. The molecular weight excluding hydrogens is 150 g/mol. The van der Waals surface area contributed by atoms with E-state index in [1.54, 1.807) is 12.1 Å². The largest absolute Gasteiger partial charge is 0.345 e. The lowest BCUT2D eigenvalue weighted by Gasteiger charge is -2.06. The van der Waals surface area contributed by atoms with Crippen LogP contribution < -0.4 is 5.32 Å². The van der Waals surface area contributed by atoms with Crippen molar-refractivity contribution < 1.29 is 4.79 Å². The molecule has 12 heavy (non-hydrogen) atoms. The summed E-state index contributed by atoms with van der Waals surface area (Å²) in [5.41, 5.74) is 0.693. The highest BCUT2D eigenvalue weighted by atomic mass is 16.1. The monoisotopic (exact) mass is 162 g/mol. The summed E-state index contributed by atoms with van der Waals surface area (Å²) >= 11 is 0. The fourth-order valence-electron chi connectivity index (χ4n) is 0.889. The van der Waals surface area contributed by atoms with Crippen LogP contribution in [0.3, 0.4) is 0 Å². The summed E-state index contributed by atoms with van der Waals surface area (Å²) in [6, 6.07) is 10.1. The lowest BCUT2D eigenvalue weighted by atomic mass is 10.2. The van der Waals surface area contributed by atoms with Crippen LogP contribution in [0.15, 0.2) is 30.3 Å². The maximum absolute atomic E-state index is 11.3. The van der Waals surface area contributed by atoms with E-state index >= 15 is 0 Å². The second-order valence-electron chi connectivity index (χ2n) is 2.82. The number of carbonyl (C=O) groups excluding carboxylic acids is 1. The van der Waals surface area contributed by atoms with E-state index in [-0.39, 0.29) is 5.91 Å². The molecule has 1 rings (SSSR count). The molecule has 0 aliphatic heterocycles. The highest BCUT2D eigenvalue weighted by molar-refractivity contribution is 5.94. The quantitative estimate of drug-likeness (QED) is 0.708. The van der Waals surface area contributed by atoms with Crippen LogP contribution in [0.25, 0.3) is 0 Å². The topological polar surface area (TPSA) is 29.1 Å².